The Morgan fingerprint density at radius 3 is 3.00 bits per heavy atom. The van der Waals surface area contributed by atoms with Crippen LogP contribution in [0.4, 0.5) is 6.01 Å². The molecule has 0 aromatic carbocycles. The molecular formula is C10H17N3O2. The van der Waals surface area contributed by atoms with E-state index in [9.17, 15) is 0 Å². The zero-order chi connectivity index (χ0) is 10.9. The van der Waals surface area contributed by atoms with Gasteiger partial charge in [0, 0.05) is 13.1 Å². The van der Waals surface area contributed by atoms with Crippen molar-refractivity contribution in [1.82, 2.24) is 4.98 Å². The summed E-state index contributed by atoms with van der Waals surface area (Å²) >= 11 is 0. The number of nitrogens with zero attached hydrogens (tertiary/aromatic N) is 2. The lowest BCUT2D eigenvalue weighted by molar-refractivity contribution is 0.0612. The standard InChI is InChI=1S/C10H17N3O2/c1-10(2)7-14-4-3-13(10)9-12-8(5-11)6-15-9/h6H,3-5,7,11H2,1-2H3. The van der Waals surface area contributed by atoms with Gasteiger partial charge in [-0.25, -0.2) is 0 Å². The van der Waals surface area contributed by atoms with Gasteiger partial charge < -0.3 is 19.8 Å². The van der Waals surface area contributed by atoms with Gasteiger partial charge in [-0.05, 0) is 13.8 Å². The topological polar surface area (TPSA) is 64.5 Å². The molecule has 0 atom stereocenters. The molecule has 0 saturated carbocycles. The normalized spacial score (nSPS) is 20.6. The number of nitrogens with two attached hydrogens (primary N) is 1. The summed E-state index contributed by atoms with van der Waals surface area (Å²) in [6.07, 6.45) is 1.61. The van der Waals surface area contributed by atoms with Crippen LogP contribution in [-0.4, -0.2) is 30.3 Å². The van der Waals surface area contributed by atoms with Gasteiger partial charge in [0.05, 0.1) is 24.4 Å². The highest BCUT2D eigenvalue weighted by molar-refractivity contribution is 5.32. The Labute approximate surface area is 89.2 Å². The van der Waals surface area contributed by atoms with Crippen LogP contribution in [0.5, 0.6) is 0 Å². The molecule has 0 bridgehead atoms. The lowest BCUT2D eigenvalue weighted by Crippen LogP contribution is -2.53. The van der Waals surface area contributed by atoms with E-state index in [-0.39, 0.29) is 5.54 Å². The summed E-state index contributed by atoms with van der Waals surface area (Å²) < 4.78 is 10.8. The summed E-state index contributed by atoms with van der Waals surface area (Å²) in [7, 11) is 0. The fourth-order valence-corrected chi connectivity index (χ4v) is 1.73. The average Bonchev–Trinajstić information content (AvgIpc) is 2.65. The fourth-order valence-electron chi connectivity index (χ4n) is 1.73. The largest absolute Gasteiger partial charge is 0.432 e. The molecule has 1 aliphatic heterocycles. The molecule has 0 amide bonds. The molecule has 0 aliphatic carbocycles. The first-order valence-electron chi connectivity index (χ1n) is 5.13. The van der Waals surface area contributed by atoms with Crippen molar-refractivity contribution >= 4 is 6.01 Å². The van der Waals surface area contributed by atoms with Crippen molar-refractivity contribution in [2.45, 2.75) is 25.9 Å². The smallest absolute Gasteiger partial charge is 0.298 e. The molecule has 1 aromatic rings. The van der Waals surface area contributed by atoms with Gasteiger partial charge >= 0.3 is 0 Å². The van der Waals surface area contributed by atoms with Gasteiger partial charge in [0.2, 0.25) is 0 Å². The molecule has 0 spiro atoms. The maximum Gasteiger partial charge on any atom is 0.298 e. The number of oxazole rings is 1. The number of morpholine rings is 1. The lowest BCUT2D eigenvalue weighted by Gasteiger charge is -2.40. The van der Waals surface area contributed by atoms with Crippen LogP contribution in [0.2, 0.25) is 0 Å². The van der Waals surface area contributed by atoms with Crippen LogP contribution in [0, 0.1) is 0 Å². The minimum absolute atomic E-state index is 0.0744. The summed E-state index contributed by atoms with van der Waals surface area (Å²) in [5.74, 6) is 0. The fraction of sp³-hybridized carbons (Fsp3) is 0.700. The third kappa shape index (κ3) is 1.98. The second-order valence-electron chi connectivity index (χ2n) is 4.34. The average molecular weight is 211 g/mol. The molecule has 5 nitrogen and oxygen atoms in total. The van der Waals surface area contributed by atoms with Crippen LogP contribution in [-0.2, 0) is 11.3 Å². The van der Waals surface area contributed by atoms with Crippen molar-refractivity contribution in [2.75, 3.05) is 24.7 Å². The molecule has 2 heterocycles. The van der Waals surface area contributed by atoms with Crippen LogP contribution in [0.15, 0.2) is 10.7 Å². The molecule has 84 valence electrons. The number of ether oxygens (including phenoxy) is 1. The Bertz CT molecular complexity index is 335. The molecule has 2 N–H and O–H groups in total. The first-order valence-corrected chi connectivity index (χ1v) is 5.13. The van der Waals surface area contributed by atoms with Crippen molar-refractivity contribution in [3.05, 3.63) is 12.0 Å². The van der Waals surface area contributed by atoms with Gasteiger partial charge in [0.1, 0.15) is 6.26 Å². The van der Waals surface area contributed by atoms with Gasteiger partial charge in [0.15, 0.2) is 0 Å². The summed E-state index contributed by atoms with van der Waals surface area (Å²) in [5, 5.41) is 0. The summed E-state index contributed by atoms with van der Waals surface area (Å²) in [5.41, 5.74) is 6.20. The van der Waals surface area contributed by atoms with Gasteiger partial charge in [0.25, 0.3) is 6.01 Å². The van der Waals surface area contributed by atoms with Crippen LogP contribution in [0.1, 0.15) is 19.5 Å². The summed E-state index contributed by atoms with van der Waals surface area (Å²) in [6, 6.07) is 0.642. The van der Waals surface area contributed by atoms with Crippen LogP contribution >= 0.6 is 0 Å². The van der Waals surface area contributed by atoms with E-state index in [2.05, 4.69) is 23.7 Å². The molecule has 1 saturated heterocycles. The summed E-state index contributed by atoms with van der Waals surface area (Å²) in [4.78, 5) is 6.45. The van der Waals surface area contributed by atoms with Gasteiger partial charge in [-0.1, -0.05) is 0 Å². The highest BCUT2D eigenvalue weighted by Crippen LogP contribution is 2.25. The highest BCUT2D eigenvalue weighted by atomic mass is 16.5. The predicted octanol–water partition coefficient (Wildman–Crippen LogP) is 0.749. The van der Waals surface area contributed by atoms with Gasteiger partial charge in [-0.15, -0.1) is 0 Å². The molecule has 0 unspecified atom stereocenters. The molecule has 0 radical (unpaired) electrons. The van der Waals surface area contributed by atoms with E-state index < -0.39 is 0 Å². The van der Waals surface area contributed by atoms with E-state index in [1.807, 2.05) is 0 Å². The predicted molar refractivity (Wildman–Crippen MR) is 56.6 cm³/mol. The Kier molecular flexibility index (Phi) is 2.67. The minimum Gasteiger partial charge on any atom is -0.432 e. The molecular weight excluding hydrogens is 194 g/mol. The van der Waals surface area contributed by atoms with Gasteiger partial charge in [-0.3, -0.25) is 0 Å². The molecule has 1 aromatic heterocycles. The molecule has 5 heteroatoms. The van der Waals surface area contributed by atoms with E-state index in [0.717, 1.165) is 12.2 Å². The number of anilines is 1. The second-order valence-corrected chi connectivity index (χ2v) is 4.34. The van der Waals surface area contributed by atoms with Crippen molar-refractivity contribution in [2.24, 2.45) is 5.73 Å². The minimum atomic E-state index is -0.0744. The van der Waals surface area contributed by atoms with Crippen molar-refractivity contribution < 1.29 is 9.15 Å². The zero-order valence-electron chi connectivity index (χ0n) is 9.19. The molecule has 15 heavy (non-hydrogen) atoms. The SMILES string of the molecule is CC1(C)COCCN1c1nc(CN)co1. The number of hydrogen-bond donors (Lipinski definition) is 1. The van der Waals surface area contributed by atoms with Gasteiger partial charge in [-0.2, -0.15) is 4.98 Å². The quantitative estimate of drug-likeness (QED) is 0.782. The van der Waals surface area contributed by atoms with Crippen molar-refractivity contribution in [3.63, 3.8) is 0 Å². The second kappa shape index (κ2) is 3.83. The van der Waals surface area contributed by atoms with Crippen LogP contribution < -0.4 is 10.6 Å². The third-order valence-corrected chi connectivity index (χ3v) is 2.62. The van der Waals surface area contributed by atoms with Crippen molar-refractivity contribution in [1.29, 1.82) is 0 Å². The Hall–Kier alpha value is -1.07. The van der Waals surface area contributed by atoms with E-state index in [0.29, 0.717) is 25.8 Å². The maximum atomic E-state index is 5.49. The monoisotopic (exact) mass is 211 g/mol. The number of hydrogen-bond acceptors (Lipinski definition) is 5. The molecule has 2 rings (SSSR count). The molecule has 1 fully saturated rings. The first-order chi connectivity index (χ1) is 7.13. The summed E-state index contributed by atoms with van der Waals surface area (Å²) in [6.45, 7) is 6.83. The number of aromatic nitrogens is 1. The van der Waals surface area contributed by atoms with E-state index in [4.69, 9.17) is 14.9 Å². The third-order valence-electron chi connectivity index (χ3n) is 2.62. The Morgan fingerprint density at radius 1 is 1.60 bits per heavy atom. The lowest BCUT2D eigenvalue weighted by atomic mass is 10.0. The maximum absolute atomic E-state index is 5.49. The van der Waals surface area contributed by atoms with Crippen LogP contribution in [0.25, 0.3) is 0 Å². The Morgan fingerprint density at radius 2 is 2.40 bits per heavy atom. The van der Waals surface area contributed by atoms with Crippen molar-refractivity contribution in [3.8, 4) is 0 Å². The first kappa shape index (κ1) is 10.4. The van der Waals surface area contributed by atoms with E-state index >= 15 is 0 Å². The van der Waals surface area contributed by atoms with Crippen LogP contribution in [0.3, 0.4) is 0 Å². The highest BCUT2D eigenvalue weighted by Gasteiger charge is 2.33. The Balaban J connectivity index is 2.21. The molecule has 1 aliphatic rings. The van der Waals surface area contributed by atoms with E-state index in [1.54, 1.807) is 6.26 Å². The zero-order valence-corrected chi connectivity index (χ0v) is 9.19. The number of rotatable bonds is 2. The van der Waals surface area contributed by atoms with E-state index in [1.165, 1.54) is 0 Å².